The molecule has 2 aromatic rings. The Morgan fingerprint density at radius 3 is 2.89 bits per heavy atom. The van der Waals surface area contributed by atoms with Gasteiger partial charge in [-0.2, -0.15) is 5.10 Å². The van der Waals surface area contributed by atoms with E-state index >= 15 is 0 Å². The first-order chi connectivity index (χ1) is 8.58. The number of nitrogens with zero attached hydrogens (tertiary/aromatic N) is 3. The second-order valence-electron chi connectivity index (χ2n) is 3.39. The smallest absolute Gasteiger partial charge is 0.240 e. The number of H-pyrrole nitrogens is 1. The average Bonchev–Trinajstić information content (AvgIpc) is 2.82. The van der Waals surface area contributed by atoms with E-state index in [-0.39, 0.29) is 16.6 Å². The van der Waals surface area contributed by atoms with Gasteiger partial charge in [0.15, 0.2) is 0 Å². The Balaban J connectivity index is 1.99. The summed E-state index contributed by atoms with van der Waals surface area (Å²) >= 11 is 5.64. The summed E-state index contributed by atoms with van der Waals surface area (Å²) in [6.45, 7) is 0.220. The van der Waals surface area contributed by atoms with E-state index in [9.17, 15) is 8.42 Å². The zero-order valence-electron chi connectivity index (χ0n) is 9.17. The molecule has 2 rings (SSSR count). The summed E-state index contributed by atoms with van der Waals surface area (Å²) in [6, 6.07) is 2.67. The van der Waals surface area contributed by atoms with Crippen molar-refractivity contribution < 1.29 is 8.42 Å². The number of rotatable bonds is 5. The molecule has 2 N–H and O–H groups in total. The Kier molecular flexibility index (Phi) is 3.90. The largest absolute Gasteiger partial charge is 0.263 e. The van der Waals surface area contributed by atoms with E-state index in [0.717, 1.165) is 0 Å². The van der Waals surface area contributed by atoms with Crippen LogP contribution in [0.2, 0.25) is 5.15 Å². The molecule has 0 aliphatic rings. The third-order valence-electron chi connectivity index (χ3n) is 2.13. The number of aromatic nitrogens is 4. The van der Waals surface area contributed by atoms with Crippen molar-refractivity contribution in [2.45, 2.75) is 11.3 Å². The second-order valence-corrected chi connectivity index (χ2v) is 5.55. The third kappa shape index (κ3) is 3.25. The lowest BCUT2D eigenvalue weighted by molar-refractivity contribution is 0.580. The number of halogens is 1. The predicted molar refractivity (Wildman–Crippen MR) is 64.5 cm³/mol. The molecule has 0 radical (unpaired) electrons. The number of pyridine rings is 1. The zero-order valence-corrected chi connectivity index (χ0v) is 10.7. The van der Waals surface area contributed by atoms with E-state index < -0.39 is 10.0 Å². The summed E-state index contributed by atoms with van der Waals surface area (Å²) in [5.74, 6) is 0.616. The SMILES string of the molecule is O=S(=O)(NCCc1ncn[nH]1)c1ccnc(Cl)c1. The van der Waals surface area contributed by atoms with Gasteiger partial charge in [-0.25, -0.2) is 23.1 Å². The van der Waals surface area contributed by atoms with Crippen LogP contribution < -0.4 is 4.72 Å². The Morgan fingerprint density at radius 1 is 1.39 bits per heavy atom. The maximum absolute atomic E-state index is 11.9. The molecule has 2 heterocycles. The average molecular weight is 288 g/mol. The first kappa shape index (κ1) is 12.9. The summed E-state index contributed by atoms with van der Waals surface area (Å²) in [5, 5.41) is 6.45. The highest BCUT2D eigenvalue weighted by molar-refractivity contribution is 7.89. The van der Waals surface area contributed by atoms with Crippen molar-refractivity contribution in [3.63, 3.8) is 0 Å². The molecule has 0 aromatic carbocycles. The molecule has 0 fully saturated rings. The molecule has 0 saturated heterocycles. The number of aromatic amines is 1. The van der Waals surface area contributed by atoms with Crippen LogP contribution in [0.25, 0.3) is 0 Å². The lowest BCUT2D eigenvalue weighted by atomic mass is 10.4. The van der Waals surface area contributed by atoms with Gasteiger partial charge in [-0.15, -0.1) is 0 Å². The van der Waals surface area contributed by atoms with Gasteiger partial charge in [0.25, 0.3) is 0 Å². The van der Waals surface area contributed by atoms with Crippen LogP contribution in [0.5, 0.6) is 0 Å². The standard InChI is InChI=1S/C9H10ClN5O2S/c10-8-5-7(1-3-11-8)18(16,17)14-4-2-9-12-6-13-15-9/h1,3,5-6,14H,2,4H2,(H,12,13,15). The first-order valence-electron chi connectivity index (χ1n) is 5.03. The third-order valence-corrected chi connectivity index (χ3v) is 3.79. The topological polar surface area (TPSA) is 101 Å². The van der Waals surface area contributed by atoms with Crippen molar-refractivity contribution in [3.05, 3.63) is 35.6 Å². The van der Waals surface area contributed by atoms with Gasteiger partial charge in [-0.3, -0.25) is 5.10 Å². The van der Waals surface area contributed by atoms with Crippen molar-refractivity contribution in [1.29, 1.82) is 0 Å². The summed E-state index contributed by atoms with van der Waals surface area (Å²) in [6.07, 6.45) is 3.14. The van der Waals surface area contributed by atoms with Crippen LogP contribution in [-0.4, -0.2) is 35.1 Å². The van der Waals surface area contributed by atoms with E-state index in [0.29, 0.717) is 12.2 Å². The number of hydrogen-bond donors (Lipinski definition) is 2. The quantitative estimate of drug-likeness (QED) is 0.774. The van der Waals surface area contributed by atoms with Crippen LogP contribution in [0.4, 0.5) is 0 Å². The summed E-state index contributed by atoms with van der Waals surface area (Å²) in [7, 11) is -3.57. The summed E-state index contributed by atoms with van der Waals surface area (Å²) < 4.78 is 26.2. The van der Waals surface area contributed by atoms with Crippen molar-refractivity contribution in [3.8, 4) is 0 Å². The Morgan fingerprint density at radius 2 is 2.22 bits per heavy atom. The van der Waals surface area contributed by atoms with E-state index in [2.05, 4.69) is 24.9 Å². The monoisotopic (exact) mass is 287 g/mol. The fourth-order valence-electron chi connectivity index (χ4n) is 1.29. The minimum absolute atomic E-state index is 0.0834. The van der Waals surface area contributed by atoms with Crippen molar-refractivity contribution in [2.75, 3.05) is 6.54 Å². The van der Waals surface area contributed by atoms with Gasteiger partial charge in [0.05, 0.1) is 4.90 Å². The molecular weight excluding hydrogens is 278 g/mol. The van der Waals surface area contributed by atoms with Gasteiger partial charge in [0, 0.05) is 19.2 Å². The molecule has 7 nitrogen and oxygen atoms in total. The fraction of sp³-hybridized carbons (Fsp3) is 0.222. The zero-order chi connectivity index (χ0) is 13.0. The van der Waals surface area contributed by atoms with Crippen LogP contribution >= 0.6 is 11.6 Å². The molecule has 0 spiro atoms. The van der Waals surface area contributed by atoms with E-state index in [1.54, 1.807) is 0 Å². The van der Waals surface area contributed by atoms with Gasteiger partial charge in [0.2, 0.25) is 10.0 Å². The molecule has 0 aliphatic carbocycles. The molecule has 0 amide bonds. The van der Waals surface area contributed by atoms with Gasteiger partial charge < -0.3 is 0 Å². The van der Waals surface area contributed by atoms with E-state index in [1.807, 2.05) is 0 Å². The highest BCUT2D eigenvalue weighted by Crippen LogP contribution is 2.12. The minimum atomic E-state index is -3.57. The van der Waals surface area contributed by atoms with Gasteiger partial charge in [-0.05, 0) is 12.1 Å². The fourth-order valence-corrected chi connectivity index (χ4v) is 2.57. The second kappa shape index (κ2) is 5.42. The maximum atomic E-state index is 11.9. The summed E-state index contributed by atoms with van der Waals surface area (Å²) in [5.41, 5.74) is 0. The molecule has 0 bridgehead atoms. The van der Waals surface area contributed by atoms with Crippen molar-refractivity contribution in [1.82, 2.24) is 24.9 Å². The molecule has 0 saturated carbocycles. The highest BCUT2D eigenvalue weighted by Gasteiger charge is 2.14. The molecular formula is C9H10ClN5O2S. The van der Waals surface area contributed by atoms with Crippen LogP contribution in [0.1, 0.15) is 5.82 Å². The van der Waals surface area contributed by atoms with Gasteiger partial charge >= 0.3 is 0 Å². The molecule has 18 heavy (non-hydrogen) atoms. The molecule has 0 unspecified atom stereocenters. The van der Waals surface area contributed by atoms with Gasteiger partial charge in [-0.1, -0.05) is 11.6 Å². The lowest BCUT2D eigenvalue weighted by Crippen LogP contribution is -2.26. The normalized spacial score (nSPS) is 11.6. The molecule has 96 valence electrons. The van der Waals surface area contributed by atoms with Crippen LogP contribution in [0, 0.1) is 0 Å². The Labute approximate surface area is 109 Å². The first-order valence-corrected chi connectivity index (χ1v) is 6.89. The van der Waals surface area contributed by atoms with Crippen LogP contribution in [0.15, 0.2) is 29.6 Å². The number of nitrogens with one attached hydrogen (secondary N) is 2. The number of hydrogen-bond acceptors (Lipinski definition) is 5. The molecule has 9 heteroatoms. The molecule has 0 aliphatic heterocycles. The van der Waals surface area contributed by atoms with Crippen molar-refractivity contribution >= 4 is 21.6 Å². The van der Waals surface area contributed by atoms with Gasteiger partial charge in [0.1, 0.15) is 17.3 Å². The van der Waals surface area contributed by atoms with Crippen LogP contribution in [-0.2, 0) is 16.4 Å². The van der Waals surface area contributed by atoms with Crippen molar-refractivity contribution in [2.24, 2.45) is 0 Å². The molecule has 2 aromatic heterocycles. The Hall–Kier alpha value is -1.51. The molecule has 0 atom stereocenters. The maximum Gasteiger partial charge on any atom is 0.240 e. The minimum Gasteiger partial charge on any atom is -0.263 e. The van der Waals surface area contributed by atoms with E-state index in [1.165, 1.54) is 24.7 Å². The Bertz CT molecular complexity index is 614. The van der Waals surface area contributed by atoms with Crippen LogP contribution in [0.3, 0.4) is 0 Å². The summed E-state index contributed by atoms with van der Waals surface area (Å²) in [4.78, 5) is 7.70. The number of sulfonamides is 1. The predicted octanol–water partition coefficient (Wildman–Crippen LogP) is 0.374. The highest BCUT2D eigenvalue weighted by atomic mass is 35.5. The van der Waals surface area contributed by atoms with E-state index in [4.69, 9.17) is 11.6 Å². The lowest BCUT2D eigenvalue weighted by Gasteiger charge is -2.05.